The van der Waals surface area contributed by atoms with Crippen LogP contribution in [-0.4, -0.2) is 30.0 Å². The van der Waals surface area contributed by atoms with Gasteiger partial charge in [0.2, 0.25) is 17.8 Å². The Morgan fingerprint density at radius 2 is 1.79 bits per heavy atom. The molecule has 1 aliphatic rings. The number of alkyl halides is 4. The minimum absolute atomic E-state index is 0.0334. The van der Waals surface area contributed by atoms with Crippen molar-refractivity contribution in [1.82, 2.24) is 9.97 Å². The Kier molecular flexibility index (Phi) is 9.93. The number of rotatable bonds is 9. The molecule has 0 spiro atoms. The number of hydrogen-bond acceptors (Lipinski definition) is 8. The zero-order valence-corrected chi connectivity index (χ0v) is 26.0. The molecule has 0 saturated heterocycles. The number of halogens is 8. The Balaban J connectivity index is 1.92. The highest BCUT2D eigenvalue weighted by atomic mass is 35.6. The van der Waals surface area contributed by atoms with Gasteiger partial charge in [0, 0.05) is 9.93 Å². The Morgan fingerprint density at radius 1 is 1.10 bits per heavy atom. The van der Waals surface area contributed by atoms with Crippen LogP contribution in [0.1, 0.15) is 0 Å². The lowest BCUT2D eigenvalue weighted by atomic mass is 10.0. The number of nitrogens with zero attached hydrogens (tertiary/aromatic N) is 5. The number of aromatic nitrogens is 2. The van der Waals surface area contributed by atoms with E-state index in [2.05, 4.69) is 20.0 Å². The molecule has 0 fully saturated rings. The topological polar surface area (TPSA) is 158 Å². The molecule has 0 aliphatic heterocycles. The number of H-pyrrole nitrogens is 1. The molecule has 12 nitrogen and oxygen atoms in total. The summed E-state index contributed by atoms with van der Waals surface area (Å²) < 4.78 is 20.2. The summed E-state index contributed by atoms with van der Waals surface area (Å²) in [5, 5.41) is 15.0. The van der Waals surface area contributed by atoms with Gasteiger partial charge in [0.25, 0.3) is 11.8 Å². The third kappa shape index (κ3) is 6.94. The zero-order chi connectivity index (χ0) is 30.8. The molecule has 0 amide bonds. The Labute approximate surface area is 275 Å². The molecule has 2 atom stereocenters. The normalized spacial score (nSPS) is 18.8. The fraction of sp³-hybridized carbons (Fsp3) is 0.136. The molecular formula is C22H10Cl8N6O6. The Hall–Kier alpha value is -2.64. The fourth-order valence-electron chi connectivity index (χ4n) is 3.36. The van der Waals surface area contributed by atoms with Crippen LogP contribution >= 0.6 is 92.8 Å². The number of nitrogens with one attached hydrogen (secondary N) is 1. The van der Waals surface area contributed by atoms with E-state index < -0.39 is 53.3 Å². The Bertz CT molecular complexity index is 1640. The second kappa shape index (κ2) is 12.9. The first kappa shape index (κ1) is 32.3. The number of ether oxygens (including phenoxy) is 4. The number of benzene rings is 2. The van der Waals surface area contributed by atoms with Gasteiger partial charge in [-0.15, -0.1) is 0 Å². The highest BCUT2D eigenvalue weighted by Gasteiger charge is 2.63. The van der Waals surface area contributed by atoms with Crippen molar-refractivity contribution in [2.75, 3.05) is 0 Å². The molecule has 1 heterocycles. The lowest BCUT2D eigenvalue weighted by Gasteiger charge is -2.34. The minimum atomic E-state index is -2.79. The largest absolute Gasteiger partial charge is 0.473 e. The number of allylic oxidation sites excluding steroid dienone is 1. The first-order valence-corrected chi connectivity index (χ1v) is 13.8. The van der Waals surface area contributed by atoms with E-state index in [1.807, 2.05) is 0 Å². The second-order valence-electron chi connectivity index (χ2n) is 7.77. The maximum atomic E-state index is 12.6. The van der Waals surface area contributed by atoms with Crippen molar-refractivity contribution in [2.45, 2.75) is 15.1 Å². The molecule has 0 bridgehead atoms. The van der Waals surface area contributed by atoms with Gasteiger partial charge in [0.15, 0.2) is 5.76 Å². The molecule has 1 N–H and O–H groups in total. The molecule has 2 unspecified atom stereocenters. The zero-order valence-electron chi connectivity index (χ0n) is 19.9. The highest BCUT2D eigenvalue weighted by Crippen LogP contribution is 2.49. The average Bonchev–Trinajstić information content (AvgIpc) is 3.27. The number of hydrogen-bond donors (Lipinski definition) is 1. The van der Waals surface area contributed by atoms with Crippen molar-refractivity contribution in [2.24, 2.45) is 5.11 Å². The molecule has 4 rings (SSSR count). The summed E-state index contributed by atoms with van der Waals surface area (Å²) in [6, 6.07) is 11.9. The molecule has 1 aromatic heterocycles. The summed E-state index contributed by atoms with van der Waals surface area (Å²) >= 11 is 49.3. The van der Waals surface area contributed by atoms with Gasteiger partial charge in [-0.3, -0.25) is 10.1 Å². The van der Waals surface area contributed by atoms with Crippen LogP contribution in [-0.2, 0) is 0 Å². The molecule has 3 aromatic rings. The third-order valence-corrected chi connectivity index (χ3v) is 7.05. The van der Waals surface area contributed by atoms with E-state index in [0.717, 1.165) is 0 Å². The van der Waals surface area contributed by atoms with Crippen LogP contribution < -0.4 is 18.9 Å². The van der Waals surface area contributed by atoms with Crippen molar-refractivity contribution < 1.29 is 23.9 Å². The molecule has 42 heavy (non-hydrogen) atoms. The van der Waals surface area contributed by atoms with Crippen molar-refractivity contribution >= 4 is 98.8 Å². The number of imidazole rings is 1. The molecule has 220 valence electrons. The van der Waals surface area contributed by atoms with Gasteiger partial charge in [-0.05, 0) is 87.4 Å². The summed E-state index contributed by atoms with van der Waals surface area (Å²) in [6.45, 7) is 0. The van der Waals surface area contributed by atoms with Gasteiger partial charge in [0.1, 0.15) is 21.6 Å². The number of azide groups is 1. The van der Waals surface area contributed by atoms with Crippen LogP contribution in [0, 0.1) is 10.1 Å². The summed E-state index contributed by atoms with van der Waals surface area (Å²) in [6.07, 6.45) is -1.90. The van der Waals surface area contributed by atoms with Gasteiger partial charge >= 0.3 is 8.98 Å². The predicted molar refractivity (Wildman–Crippen MR) is 158 cm³/mol. The molecular weight excluding hydrogens is 728 g/mol. The molecule has 0 saturated carbocycles. The van der Waals surface area contributed by atoms with Gasteiger partial charge in [-0.2, -0.15) is 4.98 Å². The minimum Gasteiger partial charge on any atom is -0.473 e. The molecule has 1 aliphatic carbocycles. The van der Waals surface area contributed by atoms with Crippen molar-refractivity contribution in [3.05, 3.63) is 101 Å². The van der Waals surface area contributed by atoms with E-state index in [-0.39, 0.29) is 27.5 Å². The van der Waals surface area contributed by atoms with Crippen LogP contribution in [0.3, 0.4) is 0 Å². The van der Waals surface area contributed by atoms with E-state index >= 15 is 0 Å². The van der Waals surface area contributed by atoms with Crippen LogP contribution in [0.25, 0.3) is 10.4 Å². The first-order chi connectivity index (χ1) is 19.7. The first-order valence-electron chi connectivity index (χ1n) is 10.8. The third-order valence-electron chi connectivity index (χ3n) is 5.06. The SMILES string of the molecule is [N-]=[N+]=Nc1nc(OC(Cl)(Cl)Cl)c(OC2=C(Cl)C(Oc3ccc(Cl)cc3Cl)C(Cl)([N+](=O)[O-])C(Oc3ccccc3)=C2Cl)[nH]1. The van der Waals surface area contributed by atoms with Crippen LogP contribution in [0.4, 0.5) is 5.95 Å². The molecule has 2 aromatic carbocycles. The Morgan fingerprint density at radius 3 is 2.38 bits per heavy atom. The van der Waals surface area contributed by atoms with Gasteiger partial charge in [-0.1, -0.05) is 64.6 Å². The number of aromatic amines is 1. The quantitative estimate of drug-likeness (QED) is 0.0436. The lowest BCUT2D eigenvalue weighted by molar-refractivity contribution is -0.543. The standard InChI is InChI=1S/C22H10Cl8N6O6/c23-9-6-7-12(11(24)8-9)40-17-14(26)15(41-18-19(42-22(28,29)30)33-20(32-18)34-35-31)13(25)16(21(17,27)36(37)38)39-10-4-2-1-3-5-10/h1-8,17H,(H,32,33). The van der Waals surface area contributed by atoms with Crippen molar-refractivity contribution in [1.29, 1.82) is 0 Å². The van der Waals surface area contributed by atoms with E-state index in [9.17, 15) is 10.1 Å². The van der Waals surface area contributed by atoms with E-state index in [4.69, 9.17) is 117 Å². The van der Waals surface area contributed by atoms with Crippen molar-refractivity contribution in [3.63, 3.8) is 0 Å². The number of para-hydroxylation sites is 1. The van der Waals surface area contributed by atoms with E-state index in [0.29, 0.717) is 0 Å². The number of nitro groups is 1. The van der Waals surface area contributed by atoms with E-state index in [1.54, 1.807) is 18.2 Å². The van der Waals surface area contributed by atoms with Gasteiger partial charge < -0.3 is 23.9 Å². The fourth-order valence-corrected chi connectivity index (χ4v) is 5.13. The van der Waals surface area contributed by atoms with Crippen molar-refractivity contribution in [3.8, 4) is 23.3 Å². The molecule has 0 radical (unpaired) electrons. The average molecular weight is 738 g/mol. The second-order valence-corrected chi connectivity index (χ2v) is 12.2. The predicted octanol–water partition coefficient (Wildman–Crippen LogP) is 9.40. The summed E-state index contributed by atoms with van der Waals surface area (Å²) in [5.74, 6) is -2.52. The summed E-state index contributed by atoms with van der Waals surface area (Å²) in [5.41, 5.74) is 8.81. The van der Waals surface area contributed by atoms with Crippen LogP contribution in [0.15, 0.2) is 75.2 Å². The van der Waals surface area contributed by atoms with E-state index in [1.165, 1.54) is 30.3 Å². The van der Waals surface area contributed by atoms with Crippen LogP contribution in [0.5, 0.6) is 23.3 Å². The summed E-state index contributed by atoms with van der Waals surface area (Å²) in [7, 11) is 0. The highest BCUT2D eigenvalue weighted by molar-refractivity contribution is 6.66. The van der Waals surface area contributed by atoms with Gasteiger partial charge in [-0.25, -0.2) is 0 Å². The maximum absolute atomic E-state index is 12.6. The van der Waals surface area contributed by atoms with Gasteiger partial charge in [0.05, 0.1) is 9.95 Å². The molecule has 20 heteroatoms. The smallest absolute Gasteiger partial charge is 0.394 e. The summed E-state index contributed by atoms with van der Waals surface area (Å²) in [4.78, 5) is 17.8. The lowest BCUT2D eigenvalue weighted by Crippen LogP contribution is -2.53. The monoisotopic (exact) mass is 734 g/mol. The van der Waals surface area contributed by atoms with Crippen LogP contribution in [0.2, 0.25) is 10.0 Å². The maximum Gasteiger partial charge on any atom is 0.394 e.